The number of carbonyl (C=O) groups is 1. The molecule has 2 aromatic heterocycles. The van der Waals surface area contributed by atoms with Gasteiger partial charge in [0, 0.05) is 17.6 Å². The fourth-order valence-electron chi connectivity index (χ4n) is 2.73. The number of amides is 1. The smallest absolute Gasteiger partial charge is 0.323 e. The minimum Gasteiger partial charge on any atom is -0.473 e. The number of nitrogens with zero attached hydrogens (tertiary/aromatic N) is 1. The summed E-state index contributed by atoms with van der Waals surface area (Å²) in [5, 5.41) is 2.82. The van der Waals surface area contributed by atoms with Crippen LogP contribution < -0.4 is 15.7 Å². The normalized spacial score (nSPS) is 16.9. The van der Waals surface area contributed by atoms with Gasteiger partial charge >= 0.3 is 5.69 Å². The van der Waals surface area contributed by atoms with Gasteiger partial charge in [0.2, 0.25) is 5.88 Å². The van der Waals surface area contributed by atoms with Gasteiger partial charge in [-0.2, -0.15) is 11.8 Å². The number of aromatic nitrogens is 3. The molecule has 1 atom stereocenters. The number of nitrogens with one attached hydrogen (secondary N) is 3. The van der Waals surface area contributed by atoms with E-state index in [1.807, 2.05) is 11.8 Å². The van der Waals surface area contributed by atoms with Gasteiger partial charge in [-0.3, -0.25) is 4.79 Å². The van der Waals surface area contributed by atoms with Crippen LogP contribution in [0.3, 0.4) is 0 Å². The number of anilines is 1. The maximum absolute atomic E-state index is 12.6. The minimum atomic E-state index is -0.300. The zero-order valence-electron chi connectivity index (χ0n) is 13.2. The van der Waals surface area contributed by atoms with Crippen molar-refractivity contribution in [2.24, 2.45) is 0 Å². The van der Waals surface area contributed by atoms with Crippen molar-refractivity contribution in [1.29, 1.82) is 0 Å². The first-order valence-electron chi connectivity index (χ1n) is 7.92. The lowest BCUT2D eigenvalue weighted by molar-refractivity contribution is 0.101. The van der Waals surface area contributed by atoms with Gasteiger partial charge in [-0.15, -0.1) is 0 Å². The molecule has 7 nitrogen and oxygen atoms in total. The second kappa shape index (κ2) is 6.64. The molecule has 0 unspecified atom stereocenters. The summed E-state index contributed by atoms with van der Waals surface area (Å²) in [6, 6.07) is 8.57. The van der Waals surface area contributed by atoms with Gasteiger partial charge < -0.3 is 20.0 Å². The highest BCUT2D eigenvalue weighted by molar-refractivity contribution is 7.99. The second-order valence-corrected chi connectivity index (χ2v) is 6.90. The Morgan fingerprint density at radius 3 is 3.00 bits per heavy atom. The van der Waals surface area contributed by atoms with E-state index < -0.39 is 0 Å². The average Bonchev–Trinajstić information content (AvgIpc) is 3.23. The lowest BCUT2D eigenvalue weighted by Crippen LogP contribution is -2.20. The fraction of sp³-hybridized carbons (Fsp3) is 0.235. The van der Waals surface area contributed by atoms with Crippen molar-refractivity contribution in [3.8, 4) is 5.88 Å². The Labute approximate surface area is 147 Å². The van der Waals surface area contributed by atoms with Crippen molar-refractivity contribution >= 4 is 34.4 Å². The molecule has 0 bridgehead atoms. The molecule has 128 valence electrons. The maximum Gasteiger partial charge on any atom is 0.323 e. The van der Waals surface area contributed by atoms with Crippen LogP contribution in [0.25, 0.3) is 11.0 Å². The number of fused-ring (bicyclic) bond motifs is 1. The van der Waals surface area contributed by atoms with Crippen molar-refractivity contribution in [1.82, 2.24) is 15.0 Å². The Kier molecular flexibility index (Phi) is 4.19. The number of hydrogen-bond donors (Lipinski definition) is 3. The van der Waals surface area contributed by atoms with Gasteiger partial charge in [0.25, 0.3) is 5.91 Å². The maximum atomic E-state index is 12.6. The van der Waals surface area contributed by atoms with E-state index in [2.05, 4.69) is 20.3 Å². The highest BCUT2D eigenvalue weighted by Crippen LogP contribution is 2.25. The van der Waals surface area contributed by atoms with Gasteiger partial charge in [-0.1, -0.05) is 0 Å². The minimum absolute atomic E-state index is 0.0905. The number of pyridine rings is 1. The lowest BCUT2D eigenvalue weighted by atomic mass is 10.2. The number of thioether (sulfide) groups is 1. The Balaban J connectivity index is 1.56. The molecule has 3 heterocycles. The lowest BCUT2D eigenvalue weighted by Gasteiger charge is -2.14. The van der Waals surface area contributed by atoms with Crippen molar-refractivity contribution in [3.05, 3.63) is 52.6 Å². The second-order valence-electron chi connectivity index (χ2n) is 5.75. The first-order chi connectivity index (χ1) is 12.2. The molecule has 3 N–H and O–H groups in total. The number of ether oxygens (including phenoxy) is 1. The molecular formula is C17H16N4O3S. The highest BCUT2D eigenvalue weighted by atomic mass is 32.2. The summed E-state index contributed by atoms with van der Waals surface area (Å²) in [6.07, 6.45) is 2.66. The van der Waals surface area contributed by atoms with Crippen LogP contribution in [0.1, 0.15) is 16.8 Å². The molecule has 1 aliphatic heterocycles. The van der Waals surface area contributed by atoms with Crippen molar-refractivity contribution < 1.29 is 9.53 Å². The summed E-state index contributed by atoms with van der Waals surface area (Å²) in [5.41, 5.74) is 2.01. The molecular weight excluding hydrogens is 340 g/mol. The Morgan fingerprint density at radius 2 is 2.16 bits per heavy atom. The highest BCUT2D eigenvalue weighted by Gasteiger charge is 2.21. The number of carbonyl (C=O) groups excluding carboxylic acids is 1. The monoisotopic (exact) mass is 356 g/mol. The van der Waals surface area contributed by atoms with Crippen molar-refractivity contribution in [2.75, 3.05) is 16.8 Å². The summed E-state index contributed by atoms with van der Waals surface area (Å²) in [5.74, 6) is 2.03. The SMILES string of the molecule is O=C(Nc1ccc2[nH]c(=O)[nH]c2c1)c1cccnc1O[C@@H]1CCSC1. The van der Waals surface area contributed by atoms with Crippen LogP contribution in [-0.2, 0) is 0 Å². The molecule has 1 saturated heterocycles. The Morgan fingerprint density at radius 1 is 1.28 bits per heavy atom. The quantitative estimate of drug-likeness (QED) is 0.666. The Bertz CT molecular complexity index is 975. The van der Waals surface area contributed by atoms with Crippen LogP contribution in [0, 0.1) is 0 Å². The van der Waals surface area contributed by atoms with E-state index in [9.17, 15) is 9.59 Å². The molecule has 1 fully saturated rings. The van der Waals surface area contributed by atoms with E-state index >= 15 is 0 Å². The molecule has 0 aliphatic carbocycles. The van der Waals surface area contributed by atoms with E-state index in [-0.39, 0.29) is 17.7 Å². The van der Waals surface area contributed by atoms with Crippen LogP contribution in [-0.4, -0.2) is 38.5 Å². The van der Waals surface area contributed by atoms with Gasteiger partial charge in [0.1, 0.15) is 11.7 Å². The van der Waals surface area contributed by atoms with E-state index in [4.69, 9.17) is 4.74 Å². The third kappa shape index (κ3) is 3.39. The number of imidazole rings is 1. The first kappa shape index (κ1) is 15.8. The number of rotatable bonds is 4. The summed E-state index contributed by atoms with van der Waals surface area (Å²) in [6.45, 7) is 0. The van der Waals surface area contributed by atoms with Crippen LogP contribution >= 0.6 is 11.8 Å². The summed E-state index contributed by atoms with van der Waals surface area (Å²) < 4.78 is 5.89. The average molecular weight is 356 g/mol. The van der Waals surface area contributed by atoms with E-state index in [1.165, 1.54) is 0 Å². The molecule has 4 rings (SSSR count). The van der Waals surface area contributed by atoms with Crippen LogP contribution in [0.5, 0.6) is 5.88 Å². The number of hydrogen-bond acceptors (Lipinski definition) is 5. The molecule has 1 aromatic carbocycles. The molecule has 0 radical (unpaired) electrons. The number of aromatic amines is 2. The summed E-state index contributed by atoms with van der Waals surface area (Å²) in [4.78, 5) is 33.5. The number of benzene rings is 1. The van der Waals surface area contributed by atoms with Crippen LogP contribution in [0.15, 0.2) is 41.3 Å². The molecule has 0 spiro atoms. The molecule has 25 heavy (non-hydrogen) atoms. The Hall–Kier alpha value is -2.74. The predicted octanol–water partition coefficient (Wildman–Crippen LogP) is 2.39. The standard InChI is InChI=1S/C17H16N4O3S/c22-15(19-10-3-4-13-14(8-10)21-17(23)20-13)12-2-1-6-18-16(12)24-11-5-7-25-9-11/h1-4,6,8,11H,5,7,9H2,(H,19,22)(H2,20,21,23)/t11-/m1/s1. The van der Waals surface area contributed by atoms with E-state index in [0.717, 1.165) is 17.9 Å². The van der Waals surface area contributed by atoms with Gasteiger partial charge in [0.15, 0.2) is 0 Å². The first-order valence-corrected chi connectivity index (χ1v) is 9.07. The van der Waals surface area contributed by atoms with Crippen LogP contribution in [0.2, 0.25) is 0 Å². The van der Waals surface area contributed by atoms with Gasteiger partial charge in [-0.05, 0) is 42.5 Å². The van der Waals surface area contributed by atoms with E-state index in [0.29, 0.717) is 28.2 Å². The summed E-state index contributed by atoms with van der Waals surface area (Å²) in [7, 11) is 0. The number of H-pyrrole nitrogens is 2. The molecule has 3 aromatic rings. The molecule has 8 heteroatoms. The van der Waals surface area contributed by atoms with Gasteiger partial charge in [-0.25, -0.2) is 9.78 Å². The van der Waals surface area contributed by atoms with Crippen molar-refractivity contribution in [2.45, 2.75) is 12.5 Å². The molecule has 1 aliphatic rings. The topological polar surface area (TPSA) is 99.9 Å². The predicted molar refractivity (Wildman–Crippen MR) is 97.5 cm³/mol. The van der Waals surface area contributed by atoms with Crippen molar-refractivity contribution in [3.63, 3.8) is 0 Å². The third-order valence-corrected chi connectivity index (χ3v) is 5.09. The van der Waals surface area contributed by atoms with Crippen LogP contribution in [0.4, 0.5) is 5.69 Å². The zero-order valence-corrected chi connectivity index (χ0v) is 14.1. The van der Waals surface area contributed by atoms with E-state index in [1.54, 1.807) is 36.5 Å². The fourth-order valence-corrected chi connectivity index (χ4v) is 3.82. The third-order valence-electron chi connectivity index (χ3n) is 3.96. The zero-order chi connectivity index (χ0) is 17.2. The summed E-state index contributed by atoms with van der Waals surface area (Å²) >= 11 is 1.84. The molecule has 1 amide bonds. The van der Waals surface area contributed by atoms with Gasteiger partial charge in [0.05, 0.1) is 11.0 Å². The largest absolute Gasteiger partial charge is 0.473 e. The molecule has 0 saturated carbocycles.